The van der Waals surface area contributed by atoms with Gasteiger partial charge in [0.2, 0.25) is 0 Å². The average Bonchev–Trinajstić information content (AvgIpc) is 2.74. The molecule has 1 fully saturated rings. The Labute approximate surface area is 159 Å². The first kappa shape index (κ1) is 17.3. The first-order valence-electron chi connectivity index (χ1n) is 8.95. The van der Waals surface area contributed by atoms with Crippen molar-refractivity contribution < 1.29 is 14.3 Å². The Morgan fingerprint density at radius 3 is 2.11 bits per heavy atom. The summed E-state index contributed by atoms with van der Waals surface area (Å²) in [5.74, 6) is 0.741. The van der Waals surface area contributed by atoms with Gasteiger partial charge in [0.25, 0.3) is 5.91 Å². The van der Waals surface area contributed by atoms with Crippen molar-refractivity contribution >= 4 is 11.6 Å². The molecule has 0 N–H and O–H groups in total. The minimum atomic E-state index is -0.491. The average molecular weight is 359 g/mol. The van der Waals surface area contributed by atoms with Crippen molar-refractivity contribution in [2.24, 2.45) is 0 Å². The first-order valence-corrected chi connectivity index (χ1v) is 8.95. The molecule has 0 bridgehead atoms. The molecule has 27 heavy (non-hydrogen) atoms. The number of ether oxygens (including phenoxy) is 2. The Balaban J connectivity index is 1.58. The van der Waals surface area contributed by atoms with E-state index in [-0.39, 0.29) is 11.9 Å². The highest BCUT2D eigenvalue weighted by Crippen LogP contribution is 2.41. The molecule has 2 atom stereocenters. The summed E-state index contributed by atoms with van der Waals surface area (Å²) in [7, 11) is 1.63. The molecule has 4 heteroatoms. The number of amides is 1. The standard InChI is InChI=1S/C23H21NO3/c1-26-20-14-12-19(13-15-20)24-21(18-10-6-3-7-11-18)22(23(24)25)27-16-17-8-4-2-5-9-17/h2-15,21-22H,16H2,1H3/t21-,22-/m1/s1. The van der Waals surface area contributed by atoms with Crippen LogP contribution in [0.3, 0.4) is 0 Å². The third kappa shape index (κ3) is 3.44. The Kier molecular flexibility index (Phi) is 4.90. The van der Waals surface area contributed by atoms with E-state index in [4.69, 9.17) is 9.47 Å². The Morgan fingerprint density at radius 2 is 1.48 bits per heavy atom. The molecule has 136 valence electrons. The molecule has 0 spiro atoms. The second-order valence-electron chi connectivity index (χ2n) is 6.48. The molecule has 1 saturated heterocycles. The lowest BCUT2D eigenvalue weighted by Gasteiger charge is -2.46. The van der Waals surface area contributed by atoms with Gasteiger partial charge in [0.15, 0.2) is 6.10 Å². The third-order valence-electron chi connectivity index (χ3n) is 4.81. The minimum absolute atomic E-state index is 0.0232. The van der Waals surface area contributed by atoms with Crippen molar-refractivity contribution in [2.75, 3.05) is 12.0 Å². The maximum absolute atomic E-state index is 12.9. The van der Waals surface area contributed by atoms with Gasteiger partial charge in [-0.3, -0.25) is 9.69 Å². The number of hydrogen-bond donors (Lipinski definition) is 0. The summed E-state index contributed by atoms with van der Waals surface area (Å²) in [6, 6.07) is 27.3. The lowest BCUT2D eigenvalue weighted by molar-refractivity contribution is -0.143. The van der Waals surface area contributed by atoms with Crippen molar-refractivity contribution in [1.82, 2.24) is 0 Å². The van der Waals surface area contributed by atoms with Gasteiger partial charge in [0, 0.05) is 5.69 Å². The summed E-state index contributed by atoms with van der Waals surface area (Å²) >= 11 is 0. The molecule has 0 radical (unpaired) electrons. The molecular formula is C23H21NO3. The van der Waals surface area contributed by atoms with E-state index < -0.39 is 6.10 Å². The topological polar surface area (TPSA) is 38.8 Å². The summed E-state index contributed by atoms with van der Waals surface area (Å²) in [5, 5.41) is 0. The molecule has 0 aromatic heterocycles. The Morgan fingerprint density at radius 1 is 0.852 bits per heavy atom. The fraction of sp³-hybridized carbons (Fsp3) is 0.174. The fourth-order valence-corrected chi connectivity index (χ4v) is 3.39. The number of hydrogen-bond acceptors (Lipinski definition) is 3. The van der Waals surface area contributed by atoms with Gasteiger partial charge in [-0.05, 0) is 35.4 Å². The number of carbonyl (C=O) groups excluding carboxylic acids is 1. The van der Waals surface area contributed by atoms with Crippen LogP contribution in [0, 0.1) is 0 Å². The second kappa shape index (κ2) is 7.64. The van der Waals surface area contributed by atoms with Gasteiger partial charge >= 0.3 is 0 Å². The monoisotopic (exact) mass is 359 g/mol. The lowest BCUT2D eigenvalue weighted by Crippen LogP contribution is -2.60. The number of rotatable bonds is 6. The molecule has 3 aromatic carbocycles. The van der Waals surface area contributed by atoms with Crippen LogP contribution in [0.25, 0.3) is 0 Å². The molecule has 0 unspecified atom stereocenters. The summed E-state index contributed by atoms with van der Waals surface area (Å²) in [4.78, 5) is 14.7. The number of nitrogens with zero attached hydrogens (tertiary/aromatic N) is 1. The SMILES string of the molecule is COc1ccc(N2C(=O)[C@H](OCc3ccccc3)[C@H]2c2ccccc2)cc1. The molecule has 4 nitrogen and oxygen atoms in total. The zero-order valence-electron chi connectivity index (χ0n) is 15.1. The van der Waals surface area contributed by atoms with Crippen LogP contribution in [-0.2, 0) is 16.1 Å². The van der Waals surface area contributed by atoms with Gasteiger partial charge in [-0.2, -0.15) is 0 Å². The highest BCUT2D eigenvalue weighted by atomic mass is 16.5. The number of benzene rings is 3. The maximum atomic E-state index is 12.9. The predicted molar refractivity (Wildman–Crippen MR) is 105 cm³/mol. The van der Waals surface area contributed by atoms with Crippen molar-refractivity contribution in [3.63, 3.8) is 0 Å². The third-order valence-corrected chi connectivity index (χ3v) is 4.81. The van der Waals surface area contributed by atoms with Gasteiger partial charge in [-0.1, -0.05) is 60.7 Å². The first-order chi connectivity index (χ1) is 13.3. The van der Waals surface area contributed by atoms with Crippen LogP contribution in [-0.4, -0.2) is 19.1 Å². The second-order valence-corrected chi connectivity index (χ2v) is 6.48. The van der Waals surface area contributed by atoms with Crippen molar-refractivity contribution in [3.05, 3.63) is 96.1 Å². The van der Waals surface area contributed by atoms with Crippen molar-refractivity contribution in [3.8, 4) is 5.75 Å². The van der Waals surface area contributed by atoms with E-state index in [1.807, 2.05) is 84.9 Å². The Hall–Kier alpha value is -3.11. The van der Waals surface area contributed by atoms with Crippen LogP contribution >= 0.6 is 0 Å². The van der Waals surface area contributed by atoms with Gasteiger partial charge in [-0.15, -0.1) is 0 Å². The molecule has 1 heterocycles. The number of anilines is 1. The van der Waals surface area contributed by atoms with E-state index in [1.165, 1.54) is 0 Å². The van der Waals surface area contributed by atoms with Gasteiger partial charge < -0.3 is 9.47 Å². The summed E-state index contributed by atoms with van der Waals surface area (Å²) in [6.07, 6.45) is -0.491. The highest BCUT2D eigenvalue weighted by molar-refractivity contribution is 6.05. The number of methoxy groups -OCH3 is 1. The van der Waals surface area contributed by atoms with Crippen molar-refractivity contribution in [1.29, 1.82) is 0 Å². The van der Waals surface area contributed by atoms with E-state index in [0.717, 1.165) is 22.6 Å². The predicted octanol–water partition coefficient (Wildman–Crippen LogP) is 4.37. The van der Waals surface area contributed by atoms with E-state index in [0.29, 0.717) is 6.61 Å². The molecule has 0 aliphatic carbocycles. The zero-order chi connectivity index (χ0) is 18.6. The van der Waals surface area contributed by atoms with Gasteiger partial charge in [0.1, 0.15) is 5.75 Å². The zero-order valence-corrected chi connectivity index (χ0v) is 15.1. The molecule has 4 rings (SSSR count). The molecular weight excluding hydrogens is 338 g/mol. The van der Waals surface area contributed by atoms with Crippen LogP contribution in [0.1, 0.15) is 17.2 Å². The molecule has 1 aliphatic heterocycles. The van der Waals surface area contributed by atoms with Gasteiger partial charge in [-0.25, -0.2) is 0 Å². The van der Waals surface area contributed by atoms with Crippen molar-refractivity contribution in [2.45, 2.75) is 18.8 Å². The van der Waals surface area contributed by atoms with Gasteiger partial charge in [0.05, 0.1) is 19.8 Å². The largest absolute Gasteiger partial charge is 0.497 e. The minimum Gasteiger partial charge on any atom is -0.497 e. The summed E-state index contributed by atoms with van der Waals surface area (Å²) < 4.78 is 11.2. The maximum Gasteiger partial charge on any atom is 0.259 e. The van der Waals surface area contributed by atoms with E-state index in [9.17, 15) is 4.79 Å². The van der Waals surface area contributed by atoms with E-state index in [1.54, 1.807) is 12.0 Å². The highest BCUT2D eigenvalue weighted by Gasteiger charge is 2.49. The Bertz CT molecular complexity index is 894. The summed E-state index contributed by atoms with van der Waals surface area (Å²) in [6.45, 7) is 0.414. The summed E-state index contributed by atoms with van der Waals surface area (Å²) in [5.41, 5.74) is 2.96. The lowest BCUT2D eigenvalue weighted by atomic mass is 9.89. The quantitative estimate of drug-likeness (QED) is 0.614. The van der Waals surface area contributed by atoms with Crippen LogP contribution in [0.5, 0.6) is 5.75 Å². The van der Waals surface area contributed by atoms with Crippen LogP contribution in [0.2, 0.25) is 0 Å². The van der Waals surface area contributed by atoms with E-state index in [2.05, 4.69) is 0 Å². The van der Waals surface area contributed by atoms with Crippen LogP contribution < -0.4 is 9.64 Å². The normalized spacial score (nSPS) is 18.9. The van der Waals surface area contributed by atoms with E-state index >= 15 is 0 Å². The van der Waals surface area contributed by atoms with Crippen LogP contribution in [0.4, 0.5) is 5.69 Å². The molecule has 1 amide bonds. The molecule has 0 saturated carbocycles. The smallest absolute Gasteiger partial charge is 0.259 e. The molecule has 1 aliphatic rings. The van der Waals surface area contributed by atoms with Crippen LogP contribution in [0.15, 0.2) is 84.9 Å². The molecule has 3 aromatic rings. The number of β-lactam (4-membered cyclic amide) rings is 1. The number of carbonyl (C=O) groups is 1. The fourth-order valence-electron chi connectivity index (χ4n) is 3.39.